The summed E-state index contributed by atoms with van der Waals surface area (Å²) in [6.07, 6.45) is 7.24. The van der Waals surface area contributed by atoms with Gasteiger partial charge in [0.2, 0.25) is 0 Å². The van der Waals surface area contributed by atoms with Gasteiger partial charge in [-0.1, -0.05) is 44.2 Å². The van der Waals surface area contributed by atoms with Crippen molar-refractivity contribution in [1.82, 2.24) is 9.97 Å². The predicted molar refractivity (Wildman–Crippen MR) is 146 cm³/mol. The minimum atomic E-state index is -3.10. The Morgan fingerprint density at radius 1 is 0.917 bits per heavy atom. The molecule has 0 saturated carbocycles. The first-order chi connectivity index (χ1) is 17.0. The maximum Gasteiger partial charge on any atom is 0.494 e. The normalized spacial score (nSPS) is 17.3. The minimum absolute atomic E-state index is 0.00525. The van der Waals surface area contributed by atoms with Gasteiger partial charge in [0, 0.05) is 16.7 Å². The molecule has 0 spiro atoms. The highest BCUT2D eigenvalue weighted by molar-refractivity contribution is 7.97. The summed E-state index contributed by atoms with van der Waals surface area (Å²) in [6, 6.07) is 10.2. The van der Waals surface area contributed by atoms with Crippen molar-refractivity contribution in [3.63, 3.8) is 0 Å². The van der Waals surface area contributed by atoms with Crippen molar-refractivity contribution in [3.05, 3.63) is 60.0 Å². The van der Waals surface area contributed by atoms with E-state index in [4.69, 9.17) is 14.1 Å². The van der Waals surface area contributed by atoms with Crippen LogP contribution in [0.5, 0.6) is 0 Å². The molecule has 3 aromatic rings. The van der Waals surface area contributed by atoms with Gasteiger partial charge in [-0.2, -0.15) is 20.5 Å². The summed E-state index contributed by atoms with van der Waals surface area (Å²) >= 11 is 1.75. The zero-order valence-electron chi connectivity index (χ0n) is 22.2. The molecule has 5 rings (SSSR count). The second-order valence-corrected chi connectivity index (χ2v) is 9.92. The summed E-state index contributed by atoms with van der Waals surface area (Å²) in [5.41, 5.74) is 2.02. The lowest BCUT2D eigenvalue weighted by molar-refractivity contribution is -0.0980. The lowest BCUT2D eigenvalue weighted by Crippen LogP contribution is -2.41. The molecule has 9 heteroatoms. The third kappa shape index (κ3) is 5.43. The lowest BCUT2D eigenvalue weighted by atomic mass is 9.77. The number of rotatable bonds is 2. The largest absolute Gasteiger partial charge is 0.494 e. The Kier molecular flexibility index (Phi) is 9.67. The average molecular weight is 516 g/mol. The number of alkyl halides is 2. The molecule has 0 radical (unpaired) electrons. The molecular formula is C27H35BF2N2O3S. The van der Waals surface area contributed by atoms with Crippen molar-refractivity contribution in [2.75, 3.05) is 12.5 Å². The predicted octanol–water partition coefficient (Wildman–Crippen LogP) is 6.32. The molecule has 36 heavy (non-hydrogen) atoms. The van der Waals surface area contributed by atoms with E-state index >= 15 is 8.78 Å². The number of hydrogen-bond acceptors (Lipinski definition) is 5. The molecule has 1 fully saturated rings. The number of aromatic amines is 1. The van der Waals surface area contributed by atoms with Gasteiger partial charge in [-0.25, -0.2) is 4.98 Å². The highest BCUT2D eigenvalue weighted by atomic mass is 32.2. The molecule has 2 aromatic carbocycles. The molecule has 1 saturated heterocycles. The lowest BCUT2D eigenvalue weighted by Gasteiger charge is -2.32. The smallest absolute Gasteiger partial charge is 0.399 e. The molecule has 5 nitrogen and oxygen atoms in total. The van der Waals surface area contributed by atoms with Crippen molar-refractivity contribution in [2.24, 2.45) is 0 Å². The molecular weight excluding hydrogens is 481 g/mol. The highest BCUT2D eigenvalue weighted by Gasteiger charge is 2.52. The van der Waals surface area contributed by atoms with Crippen LogP contribution in [0.15, 0.2) is 48.9 Å². The first-order valence-corrected chi connectivity index (χ1v) is 13.4. The quantitative estimate of drug-likeness (QED) is 0.404. The number of thioether (sulfide) groups is 1. The summed E-state index contributed by atoms with van der Waals surface area (Å²) < 4.78 is 42.9. The van der Waals surface area contributed by atoms with Crippen LogP contribution in [0.2, 0.25) is 0 Å². The average Bonchev–Trinajstić information content (AvgIpc) is 3.52. The van der Waals surface area contributed by atoms with E-state index in [1.54, 1.807) is 30.1 Å². The molecule has 0 bridgehead atoms. The molecule has 1 N–H and O–H groups in total. The highest BCUT2D eigenvalue weighted by Crippen LogP contribution is 2.51. The number of carbonyl (C=O) groups is 1. The molecule has 194 valence electrons. The minimum Gasteiger partial charge on any atom is -0.399 e. The van der Waals surface area contributed by atoms with Crippen molar-refractivity contribution < 1.29 is 22.9 Å². The van der Waals surface area contributed by atoms with E-state index in [1.165, 1.54) is 18.5 Å². The van der Waals surface area contributed by atoms with Crippen LogP contribution in [0.1, 0.15) is 52.7 Å². The SMILES string of the molecule is C=O.CC.CC1(C)OB(c2ccc3c(c2)C(F)(F)c2cc(-c4cnc[nH]4)ccc2-3)OC1(C)C.CSC. The summed E-state index contributed by atoms with van der Waals surface area (Å²) in [5, 5.41) is 0. The van der Waals surface area contributed by atoms with E-state index in [0.29, 0.717) is 27.8 Å². The number of benzene rings is 2. The van der Waals surface area contributed by atoms with E-state index in [2.05, 4.69) is 9.97 Å². The van der Waals surface area contributed by atoms with Gasteiger partial charge >= 0.3 is 7.12 Å². The summed E-state index contributed by atoms with van der Waals surface area (Å²) in [7, 11) is -0.676. The van der Waals surface area contributed by atoms with Crippen molar-refractivity contribution in [2.45, 2.75) is 58.7 Å². The van der Waals surface area contributed by atoms with Gasteiger partial charge in [0.15, 0.2) is 0 Å². The fourth-order valence-electron chi connectivity index (χ4n) is 3.95. The number of nitrogens with zero attached hydrogens (tertiary/aromatic N) is 1. The summed E-state index contributed by atoms with van der Waals surface area (Å²) in [5.74, 6) is -3.10. The van der Waals surface area contributed by atoms with E-state index < -0.39 is 24.2 Å². The van der Waals surface area contributed by atoms with Gasteiger partial charge < -0.3 is 19.1 Å². The first-order valence-electron chi connectivity index (χ1n) is 11.7. The molecule has 1 aliphatic carbocycles. The first kappa shape index (κ1) is 29.7. The van der Waals surface area contributed by atoms with Crippen LogP contribution in [-0.4, -0.2) is 47.6 Å². The van der Waals surface area contributed by atoms with Gasteiger partial charge in [-0.15, -0.1) is 0 Å². The van der Waals surface area contributed by atoms with E-state index in [0.717, 1.165) is 0 Å². The van der Waals surface area contributed by atoms with Crippen LogP contribution < -0.4 is 5.46 Å². The van der Waals surface area contributed by atoms with E-state index in [9.17, 15) is 0 Å². The molecule has 0 atom stereocenters. The van der Waals surface area contributed by atoms with Crippen molar-refractivity contribution >= 4 is 31.1 Å². The third-order valence-corrected chi connectivity index (χ3v) is 6.36. The molecule has 1 aromatic heterocycles. The van der Waals surface area contributed by atoms with E-state index in [1.807, 2.05) is 73.0 Å². The van der Waals surface area contributed by atoms with Crippen LogP contribution in [0.3, 0.4) is 0 Å². The molecule has 1 aliphatic heterocycles. The monoisotopic (exact) mass is 516 g/mol. The summed E-state index contributed by atoms with van der Waals surface area (Å²) in [6.45, 7) is 13.8. The number of aromatic nitrogens is 2. The van der Waals surface area contributed by atoms with Gasteiger partial charge in [0.05, 0.1) is 29.4 Å². The standard InChI is InChI=1S/C22H21BF2N2O2.C2H6S.C2H6.CH2O/c1-20(2)21(3,4)29-23(28-20)14-6-8-16-15-7-5-13(19-11-26-12-27-19)9-17(15)22(24,25)18(16)10-14;1-3-2;2*1-2/h5-12H,1-4H3,(H,26,27);1-2H3;1-2H3;1H2. The Morgan fingerprint density at radius 2 is 1.42 bits per heavy atom. The number of hydrogen-bond donors (Lipinski definition) is 1. The van der Waals surface area contributed by atoms with Crippen LogP contribution in [-0.2, 0) is 20.0 Å². The molecule has 0 unspecified atom stereocenters. The van der Waals surface area contributed by atoms with Crippen LogP contribution >= 0.6 is 11.8 Å². The van der Waals surface area contributed by atoms with E-state index in [-0.39, 0.29) is 11.1 Å². The second-order valence-electron chi connectivity index (χ2n) is 9.10. The number of imidazole rings is 1. The van der Waals surface area contributed by atoms with Gasteiger partial charge in [0.25, 0.3) is 5.92 Å². The van der Waals surface area contributed by atoms with Gasteiger partial charge in [0.1, 0.15) is 6.79 Å². The fraction of sp³-hybridized carbons (Fsp3) is 0.407. The Hall–Kier alpha value is -2.49. The summed E-state index contributed by atoms with van der Waals surface area (Å²) in [4.78, 5) is 14.9. The molecule has 2 aliphatic rings. The molecule has 0 amide bonds. The molecule has 2 heterocycles. The number of nitrogens with one attached hydrogen (secondary N) is 1. The Labute approximate surface area is 217 Å². The van der Waals surface area contributed by atoms with Crippen molar-refractivity contribution in [1.29, 1.82) is 0 Å². The van der Waals surface area contributed by atoms with Crippen LogP contribution in [0.25, 0.3) is 22.4 Å². The maximum absolute atomic E-state index is 15.4. The Morgan fingerprint density at radius 3 is 1.92 bits per heavy atom. The topological polar surface area (TPSA) is 64.2 Å². The number of H-pyrrole nitrogens is 1. The van der Waals surface area contributed by atoms with Crippen molar-refractivity contribution in [3.8, 4) is 22.4 Å². The maximum atomic E-state index is 15.4. The van der Waals surface area contributed by atoms with Gasteiger partial charge in [-0.3, -0.25) is 0 Å². The van der Waals surface area contributed by atoms with Gasteiger partial charge in [-0.05, 0) is 62.9 Å². The van der Waals surface area contributed by atoms with Crippen LogP contribution in [0, 0.1) is 0 Å². The Balaban J connectivity index is 0.000000596. The Bertz CT molecular complexity index is 1140. The number of carbonyl (C=O) groups excluding carboxylic acids is 1. The fourth-order valence-corrected chi connectivity index (χ4v) is 3.95. The zero-order chi connectivity index (χ0) is 27.3. The number of fused-ring (bicyclic) bond motifs is 3. The zero-order valence-corrected chi connectivity index (χ0v) is 23.1. The second kappa shape index (κ2) is 11.7. The third-order valence-electron chi connectivity index (χ3n) is 6.36. The van der Waals surface area contributed by atoms with Crippen LogP contribution in [0.4, 0.5) is 8.78 Å². The number of halogens is 2.